The van der Waals surface area contributed by atoms with Crippen LogP contribution in [0, 0.1) is 5.92 Å². The van der Waals surface area contributed by atoms with E-state index in [-0.39, 0.29) is 0 Å². The number of allylic oxidation sites excluding steroid dienone is 1. The fourth-order valence-corrected chi connectivity index (χ4v) is 2.01. The van der Waals surface area contributed by atoms with E-state index in [4.69, 9.17) is 0 Å². The summed E-state index contributed by atoms with van der Waals surface area (Å²) < 4.78 is 0. The standard InChI is InChI=1S/C15H25N/c1-6-10-14(5)15(11-7-2)16(12-8-3)13-9-4/h6-9,14-15H,1-4,10-13H2,5H3. The molecule has 2 unspecified atom stereocenters. The number of hydrogen-bond acceptors (Lipinski definition) is 1. The smallest absolute Gasteiger partial charge is 0.0167 e. The van der Waals surface area contributed by atoms with Crippen molar-refractivity contribution in [2.45, 2.75) is 25.8 Å². The Morgan fingerprint density at radius 1 is 0.875 bits per heavy atom. The molecular weight excluding hydrogens is 194 g/mol. The highest BCUT2D eigenvalue weighted by atomic mass is 15.1. The fraction of sp³-hybridized carbons (Fsp3) is 0.467. The Labute approximate surface area is 101 Å². The van der Waals surface area contributed by atoms with E-state index in [9.17, 15) is 0 Å². The van der Waals surface area contributed by atoms with Crippen molar-refractivity contribution >= 4 is 0 Å². The molecule has 0 aliphatic rings. The summed E-state index contributed by atoms with van der Waals surface area (Å²) in [6, 6.07) is 0.492. The van der Waals surface area contributed by atoms with Gasteiger partial charge in [-0.05, 0) is 18.8 Å². The zero-order valence-corrected chi connectivity index (χ0v) is 10.6. The van der Waals surface area contributed by atoms with Crippen LogP contribution in [0.4, 0.5) is 0 Å². The van der Waals surface area contributed by atoms with E-state index in [1.165, 1.54) is 0 Å². The largest absolute Gasteiger partial charge is 0.293 e. The highest BCUT2D eigenvalue weighted by Crippen LogP contribution is 2.19. The van der Waals surface area contributed by atoms with Gasteiger partial charge in [-0.15, -0.1) is 26.3 Å². The number of hydrogen-bond donors (Lipinski definition) is 0. The molecule has 0 aliphatic heterocycles. The van der Waals surface area contributed by atoms with Crippen LogP contribution in [0.1, 0.15) is 19.8 Å². The van der Waals surface area contributed by atoms with Crippen LogP contribution in [0.2, 0.25) is 0 Å². The van der Waals surface area contributed by atoms with Gasteiger partial charge in [-0.25, -0.2) is 0 Å². The zero-order chi connectivity index (χ0) is 12.4. The maximum atomic E-state index is 3.84. The van der Waals surface area contributed by atoms with Crippen molar-refractivity contribution in [1.29, 1.82) is 0 Å². The van der Waals surface area contributed by atoms with Crippen LogP contribution in [0.5, 0.6) is 0 Å². The highest BCUT2D eigenvalue weighted by Gasteiger charge is 2.20. The Morgan fingerprint density at radius 3 is 1.75 bits per heavy atom. The molecule has 0 rings (SSSR count). The Kier molecular flexibility index (Phi) is 8.55. The van der Waals surface area contributed by atoms with Crippen molar-refractivity contribution < 1.29 is 0 Å². The average molecular weight is 219 g/mol. The summed E-state index contributed by atoms with van der Waals surface area (Å²) in [5.41, 5.74) is 0. The lowest BCUT2D eigenvalue weighted by molar-refractivity contribution is 0.182. The maximum absolute atomic E-state index is 3.84. The van der Waals surface area contributed by atoms with Gasteiger partial charge in [0.25, 0.3) is 0 Å². The molecule has 1 heteroatoms. The first-order valence-corrected chi connectivity index (χ1v) is 5.88. The second kappa shape index (κ2) is 9.17. The maximum Gasteiger partial charge on any atom is 0.0167 e. The van der Waals surface area contributed by atoms with Crippen LogP contribution in [-0.4, -0.2) is 24.0 Å². The lowest BCUT2D eigenvalue weighted by Gasteiger charge is -2.33. The first kappa shape index (κ1) is 14.9. The van der Waals surface area contributed by atoms with Crippen LogP contribution in [-0.2, 0) is 0 Å². The predicted molar refractivity (Wildman–Crippen MR) is 74.5 cm³/mol. The van der Waals surface area contributed by atoms with E-state index in [0.717, 1.165) is 25.9 Å². The highest BCUT2D eigenvalue weighted by molar-refractivity contribution is 4.91. The van der Waals surface area contributed by atoms with Gasteiger partial charge in [0.1, 0.15) is 0 Å². The molecule has 0 amide bonds. The van der Waals surface area contributed by atoms with Gasteiger partial charge in [-0.3, -0.25) is 4.90 Å². The van der Waals surface area contributed by atoms with Gasteiger partial charge in [0.05, 0.1) is 0 Å². The summed E-state index contributed by atoms with van der Waals surface area (Å²) in [7, 11) is 0. The lowest BCUT2D eigenvalue weighted by Crippen LogP contribution is -2.39. The zero-order valence-electron chi connectivity index (χ0n) is 10.6. The quantitative estimate of drug-likeness (QED) is 0.505. The molecule has 90 valence electrons. The molecule has 0 aliphatic carbocycles. The van der Waals surface area contributed by atoms with Crippen molar-refractivity contribution in [1.82, 2.24) is 4.90 Å². The summed E-state index contributed by atoms with van der Waals surface area (Å²) in [6.45, 7) is 19.3. The normalized spacial score (nSPS) is 14.1. The molecule has 1 nitrogen and oxygen atoms in total. The van der Waals surface area contributed by atoms with E-state index in [2.05, 4.69) is 38.1 Å². The second-order valence-electron chi connectivity index (χ2n) is 4.12. The molecule has 0 heterocycles. The summed E-state index contributed by atoms with van der Waals surface area (Å²) in [4.78, 5) is 2.38. The summed E-state index contributed by atoms with van der Waals surface area (Å²) in [6.07, 6.45) is 9.89. The molecule has 0 saturated carbocycles. The van der Waals surface area contributed by atoms with Gasteiger partial charge in [-0.1, -0.05) is 31.2 Å². The minimum absolute atomic E-state index is 0.492. The molecule has 16 heavy (non-hydrogen) atoms. The van der Waals surface area contributed by atoms with Gasteiger partial charge in [0.2, 0.25) is 0 Å². The van der Waals surface area contributed by atoms with Crippen LogP contribution < -0.4 is 0 Å². The van der Waals surface area contributed by atoms with Crippen molar-refractivity contribution in [3.63, 3.8) is 0 Å². The van der Waals surface area contributed by atoms with Gasteiger partial charge in [0, 0.05) is 19.1 Å². The molecule has 0 spiro atoms. The van der Waals surface area contributed by atoms with Crippen LogP contribution in [0.25, 0.3) is 0 Å². The van der Waals surface area contributed by atoms with Crippen LogP contribution >= 0.6 is 0 Å². The van der Waals surface area contributed by atoms with E-state index in [1.807, 2.05) is 24.3 Å². The fourth-order valence-electron chi connectivity index (χ4n) is 2.01. The molecule has 0 aromatic carbocycles. The predicted octanol–water partition coefficient (Wildman–Crippen LogP) is 3.82. The number of rotatable bonds is 10. The van der Waals surface area contributed by atoms with E-state index in [1.54, 1.807) is 0 Å². The van der Waals surface area contributed by atoms with Crippen LogP contribution in [0.15, 0.2) is 50.6 Å². The van der Waals surface area contributed by atoms with Crippen molar-refractivity contribution in [2.24, 2.45) is 5.92 Å². The summed E-state index contributed by atoms with van der Waals surface area (Å²) >= 11 is 0. The van der Waals surface area contributed by atoms with Crippen LogP contribution in [0.3, 0.4) is 0 Å². The minimum Gasteiger partial charge on any atom is -0.293 e. The molecule has 0 bridgehead atoms. The molecule has 0 fully saturated rings. The molecule has 0 radical (unpaired) electrons. The molecule has 0 saturated heterocycles. The Hall–Kier alpha value is -1.08. The molecule has 0 aromatic heterocycles. The average Bonchev–Trinajstić information content (AvgIpc) is 2.26. The monoisotopic (exact) mass is 219 g/mol. The molecule has 0 aromatic rings. The van der Waals surface area contributed by atoms with Gasteiger partial charge in [-0.2, -0.15) is 0 Å². The van der Waals surface area contributed by atoms with E-state index >= 15 is 0 Å². The Balaban J connectivity index is 4.64. The lowest BCUT2D eigenvalue weighted by atomic mass is 9.94. The SMILES string of the molecule is C=CCC(C)C(CC=C)N(CC=C)CC=C. The van der Waals surface area contributed by atoms with Gasteiger partial charge in [0.15, 0.2) is 0 Å². The third kappa shape index (κ3) is 5.13. The first-order valence-electron chi connectivity index (χ1n) is 5.88. The van der Waals surface area contributed by atoms with Gasteiger partial charge < -0.3 is 0 Å². The van der Waals surface area contributed by atoms with Crippen molar-refractivity contribution in [3.8, 4) is 0 Å². The number of nitrogens with zero attached hydrogens (tertiary/aromatic N) is 1. The van der Waals surface area contributed by atoms with E-state index in [0.29, 0.717) is 12.0 Å². The van der Waals surface area contributed by atoms with Crippen molar-refractivity contribution in [3.05, 3.63) is 50.6 Å². The third-order valence-corrected chi connectivity index (χ3v) is 2.80. The topological polar surface area (TPSA) is 3.24 Å². The Bertz CT molecular complexity index is 220. The molecule has 0 N–H and O–H groups in total. The van der Waals surface area contributed by atoms with E-state index < -0.39 is 0 Å². The molecular formula is C15H25N. The summed E-state index contributed by atoms with van der Waals surface area (Å²) in [5.74, 6) is 0.579. The second-order valence-corrected chi connectivity index (χ2v) is 4.12. The molecule has 2 atom stereocenters. The third-order valence-electron chi connectivity index (χ3n) is 2.80. The first-order chi connectivity index (χ1) is 7.71. The summed E-state index contributed by atoms with van der Waals surface area (Å²) in [5, 5.41) is 0. The van der Waals surface area contributed by atoms with Gasteiger partial charge >= 0.3 is 0 Å². The minimum atomic E-state index is 0.492. The Morgan fingerprint density at radius 2 is 1.38 bits per heavy atom. The van der Waals surface area contributed by atoms with Crippen molar-refractivity contribution in [2.75, 3.05) is 13.1 Å².